The number of benzene rings is 1. The molecule has 3 rings (SSSR count). The number of aryl methyl sites for hydroxylation is 2. The van der Waals surface area contributed by atoms with Gasteiger partial charge in [-0.3, -0.25) is 4.79 Å². The molecule has 1 fully saturated rings. The molecular weight excluding hydrogens is 433 g/mol. The molecule has 2 heterocycles. The van der Waals surface area contributed by atoms with Crippen molar-refractivity contribution in [2.75, 3.05) is 24.5 Å². The normalized spacial score (nSPS) is 17.1. The molecule has 0 aliphatic carbocycles. The Morgan fingerprint density at radius 2 is 1.97 bits per heavy atom. The Hall–Kier alpha value is -2.66. The summed E-state index contributed by atoms with van der Waals surface area (Å²) in [5, 5.41) is 2.75. The van der Waals surface area contributed by atoms with Crippen LogP contribution >= 0.6 is 0 Å². The van der Waals surface area contributed by atoms with Crippen molar-refractivity contribution in [2.45, 2.75) is 37.4 Å². The Labute approximate surface area is 178 Å². The van der Waals surface area contributed by atoms with Crippen LogP contribution in [0, 0.1) is 13.8 Å². The van der Waals surface area contributed by atoms with E-state index in [0.717, 1.165) is 17.8 Å². The summed E-state index contributed by atoms with van der Waals surface area (Å²) >= 11 is 0. The van der Waals surface area contributed by atoms with E-state index in [4.69, 9.17) is 0 Å². The molecule has 0 saturated carbocycles. The van der Waals surface area contributed by atoms with Crippen LogP contribution in [-0.4, -0.2) is 45.0 Å². The van der Waals surface area contributed by atoms with Crippen LogP contribution in [0.3, 0.4) is 0 Å². The minimum absolute atomic E-state index is 0.126. The Balaban J connectivity index is 1.53. The first kappa shape index (κ1) is 23.0. The number of anilines is 1. The summed E-state index contributed by atoms with van der Waals surface area (Å²) < 4.78 is 65.3. The van der Waals surface area contributed by atoms with Crippen molar-refractivity contribution in [3.8, 4) is 0 Å². The van der Waals surface area contributed by atoms with Crippen LogP contribution in [0.4, 0.5) is 19.0 Å². The number of pyridine rings is 1. The first-order valence-corrected chi connectivity index (χ1v) is 11.1. The third kappa shape index (κ3) is 5.73. The summed E-state index contributed by atoms with van der Waals surface area (Å²) in [4.78, 5) is 18.0. The van der Waals surface area contributed by atoms with Crippen LogP contribution in [0.2, 0.25) is 0 Å². The Kier molecular flexibility index (Phi) is 6.56. The molecule has 0 spiro atoms. The quantitative estimate of drug-likeness (QED) is 0.697. The second-order valence-corrected chi connectivity index (χ2v) is 9.23. The van der Waals surface area contributed by atoms with Crippen LogP contribution in [0.15, 0.2) is 41.4 Å². The molecule has 2 aromatic rings. The maximum absolute atomic E-state index is 12.7. The van der Waals surface area contributed by atoms with E-state index in [0.29, 0.717) is 30.9 Å². The maximum Gasteiger partial charge on any atom is 0.417 e. The molecule has 7 nitrogen and oxygen atoms in total. The van der Waals surface area contributed by atoms with Gasteiger partial charge in [0.2, 0.25) is 15.9 Å². The number of aromatic nitrogens is 1. The fraction of sp³-hybridized carbons (Fsp3) is 0.400. The molecule has 1 aliphatic heterocycles. The monoisotopic (exact) mass is 456 g/mol. The Bertz CT molecular complexity index is 1060. The number of amides is 1. The number of nitrogens with zero attached hydrogens (tertiary/aromatic N) is 2. The number of rotatable bonds is 6. The number of carbonyl (C=O) groups excluding carboxylic acids is 1. The van der Waals surface area contributed by atoms with Crippen molar-refractivity contribution in [3.63, 3.8) is 0 Å². The van der Waals surface area contributed by atoms with Crippen LogP contribution in [-0.2, 0) is 21.0 Å². The second-order valence-electron chi connectivity index (χ2n) is 7.50. The molecule has 1 aromatic carbocycles. The Morgan fingerprint density at radius 3 is 2.61 bits per heavy atom. The molecule has 31 heavy (non-hydrogen) atoms. The van der Waals surface area contributed by atoms with E-state index in [-0.39, 0.29) is 10.9 Å². The molecule has 0 radical (unpaired) electrons. The van der Waals surface area contributed by atoms with Crippen LogP contribution < -0.4 is 14.9 Å². The number of sulfonamides is 1. The van der Waals surface area contributed by atoms with Crippen molar-refractivity contribution >= 4 is 21.7 Å². The van der Waals surface area contributed by atoms with Crippen LogP contribution in [0.5, 0.6) is 0 Å². The van der Waals surface area contributed by atoms with Crippen molar-refractivity contribution in [2.24, 2.45) is 0 Å². The zero-order valence-corrected chi connectivity index (χ0v) is 17.8. The van der Waals surface area contributed by atoms with Gasteiger partial charge in [0.15, 0.2) is 0 Å². The van der Waals surface area contributed by atoms with Crippen molar-refractivity contribution in [1.82, 2.24) is 15.0 Å². The van der Waals surface area contributed by atoms with Gasteiger partial charge in [-0.2, -0.15) is 13.2 Å². The van der Waals surface area contributed by atoms with Crippen molar-refractivity contribution in [3.05, 3.63) is 53.2 Å². The summed E-state index contributed by atoms with van der Waals surface area (Å²) in [5.41, 5.74) is 0.545. The minimum atomic E-state index is -4.45. The molecule has 0 bridgehead atoms. The first-order chi connectivity index (χ1) is 14.5. The van der Waals surface area contributed by atoms with E-state index in [1.54, 1.807) is 36.9 Å². The fourth-order valence-electron chi connectivity index (χ4n) is 3.34. The summed E-state index contributed by atoms with van der Waals surface area (Å²) in [6, 6.07) is 7.05. The van der Waals surface area contributed by atoms with E-state index >= 15 is 0 Å². The van der Waals surface area contributed by atoms with Gasteiger partial charge >= 0.3 is 6.18 Å². The van der Waals surface area contributed by atoms with Gasteiger partial charge in [-0.15, -0.1) is 0 Å². The molecular formula is C20H23F3N4O3S. The zero-order valence-electron chi connectivity index (χ0n) is 17.0. The lowest BCUT2D eigenvalue weighted by Gasteiger charge is -2.18. The number of carbonyl (C=O) groups is 1. The third-order valence-corrected chi connectivity index (χ3v) is 6.55. The molecule has 11 heteroatoms. The highest BCUT2D eigenvalue weighted by Gasteiger charge is 2.31. The lowest BCUT2D eigenvalue weighted by Crippen LogP contribution is -2.43. The average molecular weight is 456 g/mol. The molecule has 168 valence electrons. The van der Waals surface area contributed by atoms with Gasteiger partial charge in [0.25, 0.3) is 0 Å². The smallest absolute Gasteiger partial charge is 0.354 e. The molecule has 2 N–H and O–H groups in total. The SMILES string of the molecule is Cc1ccc(C)c(S(=O)(=O)NCC(=O)NC2CCN(c3ccc(C(F)(F)F)cn3)C2)c1. The Morgan fingerprint density at radius 1 is 1.23 bits per heavy atom. The molecule has 1 atom stereocenters. The molecule has 1 aromatic heterocycles. The predicted molar refractivity (Wildman–Crippen MR) is 109 cm³/mol. The van der Waals surface area contributed by atoms with Crippen molar-refractivity contribution < 1.29 is 26.4 Å². The number of halogens is 3. The van der Waals surface area contributed by atoms with Gasteiger partial charge in [0, 0.05) is 25.3 Å². The highest BCUT2D eigenvalue weighted by Crippen LogP contribution is 2.29. The molecule has 1 unspecified atom stereocenters. The lowest BCUT2D eigenvalue weighted by molar-refractivity contribution is -0.137. The van der Waals surface area contributed by atoms with Gasteiger partial charge in [0.1, 0.15) is 5.82 Å². The van der Waals surface area contributed by atoms with E-state index in [1.807, 2.05) is 0 Å². The maximum atomic E-state index is 12.7. The number of alkyl halides is 3. The summed E-state index contributed by atoms with van der Waals surface area (Å²) in [5.74, 6) is -0.0958. The minimum Gasteiger partial charge on any atom is -0.354 e. The van der Waals surface area contributed by atoms with Gasteiger partial charge < -0.3 is 10.2 Å². The van der Waals surface area contributed by atoms with Gasteiger partial charge in [-0.1, -0.05) is 12.1 Å². The summed E-state index contributed by atoms with van der Waals surface area (Å²) in [7, 11) is -3.84. The summed E-state index contributed by atoms with van der Waals surface area (Å²) in [6.45, 7) is 3.93. The number of nitrogens with one attached hydrogen (secondary N) is 2. The van der Waals surface area contributed by atoms with Crippen LogP contribution in [0.25, 0.3) is 0 Å². The van der Waals surface area contributed by atoms with E-state index in [9.17, 15) is 26.4 Å². The lowest BCUT2D eigenvalue weighted by atomic mass is 10.2. The second kappa shape index (κ2) is 8.83. The third-order valence-electron chi connectivity index (χ3n) is 5.01. The van der Waals surface area contributed by atoms with E-state index < -0.39 is 34.2 Å². The van der Waals surface area contributed by atoms with Gasteiger partial charge in [-0.25, -0.2) is 18.1 Å². The van der Waals surface area contributed by atoms with Gasteiger partial charge in [0.05, 0.1) is 17.0 Å². The standard InChI is InChI=1S/C20H23F3N4O3S/c1-13-3-4-14(2)17(9-13)31(29,30)25-11-19(28)26-16-7-8-27(12-16)18-6-5-15(10-24-18)20(21,22)23/h3-6,9-10,16,25H,7-8,11-12H2,1-2H3,(H,26,28). The highest BCUT2D eigenvalue weighted by atomic mass is 32.2. The van der Waals surface area contributed by atoms with E-state index in [1.165, 1.54) is 6.07 Å². The predicted octanol–water partition coefficient (Wildman–Crippen LogP) is 2.39. The fourth-order valence-corrected chi connectivity index (χ4v) is 4.65. The van der Waals surface area contributed by atoms with Crippen LogP contribution in [0.1, 0.15) is 23.1 Å². The number of hydrogen-bond acceptors (Lipinski definition) is 5. The number of hydrogen-bond donors (Lipinski definition) is 2. The van der Waals surface area contributed by atoms with E-state index in [2.05, 4.69) is 15.0 Å². The highest BCUT2D eigenvalue weighted by molar-refractivity contribution is 7.89. The zero-order chi connectivity index (χ0) is 22.8. The summed E-state index contributed by atoms with van der Waals surface area (Å²) in [6.07, 6.45) is -3.10. The molecule has 1 aliphatic rings. The average Bonchev–Trinajstić information content (AvgIpc) is 3.16. The first-order valence-electron chi connectivity index (χ1n) is 9.60. The molecule has 1 saturated heterocycles. The van der Waals surface area contributed by atoms with Crippen molar-refractivity contribution in [1.29, 1.82) is 0 Å². The largest absolute Gasteiger partial charge is 0.417 e. The van der Waals surface area contributed by atoms with Gasteiger partial charge in [-0.05, 0) is 49.6 Å². The topological polar surface area (TPSA) is 91.4 Å². The molecule has 1 amide bonds.